The third kappa shape index (κ3) is 1.29. The van der Waals surface area contributed by atoms with Crippen molar-refractivity contribution in [1.29, 1.82) is 0 Å². The van der Waals surface area contributed by atoms with Gasteiger partial charge < -0.3 is 9.84 Å². The summed E-state index contributed by atoms with van der Waals surface area (Å²) in [4.78, 5) is 6.44. The summed E-state index contributed by atoms with van der Waals surface area (Å²) >= 11 is 0. The van der Waals surface area contributed by atoms with Crippen LogP contribution in [0, 0.1) is 22.2 Å². The Bertz CT molecular complexity index is 509. The maximum Gasteiger partial charge on any atom is 0.144 e. The molecule has 3 aliphatic carbocycles. The van der Waals surface area contributed by atoms with E-state index in [1.54, 1.807) is 0 Å². The lowest BCUT2D eigenvalue weighted by molar-refractivity contribution is -0.197. The predicted octanol–water partition coefficient (Wildman–Crippen LogP) is 2.70. The van der Waals surface area contributed by atoms with Crippen LogP contribution in [0.1, 0.15) is 59.3 Å². The van der Waals surface area contributed by atoms with Crippen LogP contribution in [0.2, 0.25) is 0 Å². The second-order valence-corrected chi connectivity index (χ2v) is 9.27. The van der Waals surface area contributed by atoms with E-state index in [0.29, 0.717) is 17.4 Å². The van der Waals surface area contributed by atoms with Gasteiger partial charge in [0.1, 0.15) is 6.23 Å². The predicted molar refractivity (Wildman–Crippen MR) is 81.8 cm³/mol. The van der Waals surface area contributed by atoms with Crippen molar-refractivity contribution < 1.29 is 14.7 Å². The number of ether oxygens (including phenoxy) is 1. The normalized spacial score (nSPS) is 58.6. The van der Waals surface area contributed by atoms with Crippen LogP contribution in [0.5, 0.6) is 0 Å². The summed E-state index contributed by atoms with van der Waals surface area (Å²) in [5.41, 5.74) is 0.385. The summed E-state index contributed by atoms with van der Waals surface area (Å²) in [6, 6.07) is 0.396. The molecular formula is C18H29NO3. The van der Waals surface area contributed by atoms with Gasteiger partial charge in [-0.2, -0.15) is 5.06 Å². The zero-order valence-corrected chi connectivity index (χ0v) is 14.0. The largest absolute Gasteiger partial charge is 0.396 e. The van der Waals surface area contributed by atoms with Gasteiger partial charge in [0.25, 0.3) is 0 Å². The van der Waals surface area contributed by atoms with Gasteiger partial charge in [0.05, 0.1) is 30.3 Å². The van der Waals surface area contributed by atoms with Crippen LogP contribution >= 0.6 is 0 Å². The molecular weight excluding hydrogens is 278 g/mol. The molecule has 0 radical (unpaired) electrons. The van der Waals surface area contributed by atoms with Crippen LogP contribution in [-0.4, -0.2) is 41.3 Å². The number of aliphatic hydroxyl groups is 1. The zero-order valence-electron chi connectivity index (χ0n) is 14.0. The standard InChI is InChI=1S/C18H29NO3/c1-16(2)11-7-9-17(16,3)14-13(11)19-15(21-14)18(10-20)8-5-4-6-12(18)22-19/h11-15,20H,4-10H2,1-3H3/t11-,12+,13-,14-,15+,17+,18+/m1/s1. The highest BCUT2D eigenvalue weighted by molar-refractivity contribution is 5.21. The molecule has 2 aliphatic heterocycles. The molecule has 2 heterocycles. The van der Waals surface area contributed by atoms with Gasteiger partial charge in [0, 0.05) is 5.41 Å². The van der Waals surface area contributed by atoms with E-state index in [0.717, 1.165) is 12.8 Å². The summed E-state index contributed by atoms with van der Waals surface area (Å²) in [5.74, 6) is 0.656. The van der Waals surface area contributed by atoms with E-state index in [4.69, 9.17) is 9.57 Å². The van der Waals surface area contributed by atoms with Crippen molar-refractivity contribution in [3.63, 3.8) is 0 Å². The lowest BCUT2D eigenvalue weighted by atomic mass is 9.69. The van der Waals surface area contributed by atoms with Gasteiger partial charge in [-0.15, -0.1) is 0 Å². The number of rotatable bonds is 1. The lowest BCUT2D eigenvalue weighted by Crippen LogP contribution is -2.48. The topological polar surface area (TPSA) is 41.9 Å². The second-order valence-electron chi connectivity index (χ2n) is 9.27. The fourth-order valence-electron chi connectivity index (χ4n) is 6.75. The van der Waals surface area contributed by atoms with E-state index >= 15 is 0 Å². The summed E-state index contributed by atoms with van der Waals surface area (Å²) < 4.78 is 6.69. The number of fused-ring (bicyclic) bond motifs is 9. The Kier molecular flexibility index (Phi) is 2.63. The highest BCUT2D eigenvalue weighted by Gasteiger charge is 2.75. The molecule has 7 atom stereocenters. The number of nitrogens with zero attached hydrogens (tertiary/aromatic N) is 1. The van der Waals surface area contributed by atoms with Crippen molar-refractivity contribution in [1.82, 2.24) is 5.06 Å². The number of hydroxylamine groups is 2. The molecule has 0 aromatic carbocycles. The highest BCUT2D eigenvalue weighted by atomic mass is 16.8. The third-order valence-electron chi connectivity index (χ3n) is 8.56. The van der Waals surface area contributed by atoms with Crippen LogP contribution in [0.4, 0.5) is 0 Å². The van der Waals surface area contributed by atoms with E-state index < -0.39 is 0 Å². The maximum absolute atomic E-state index is 10.2. The van der Waals surface area contributed by atoms with Gasteiger partial charge in [-0.1, -0.05) is 33.6 Å². The van der Waals surface area contributed by atoms with Gasteiger partial charge in [0.2, 0.25) is 0 Å². The number of aliphatic hydroxyl groups excluding tert-OH is 1. The fraction of sp³-hybridized carbons (Fsp3) is 1.00. The molecule has 22 heavy (non-hydrogen) atoms. The van der Waals surface area contributed by atoms with Gasteiger partial charge in [-0.3, -0.25) is 4.84 Å². The van der Waals surface area contributed by atoms with E-state index in [1.165, 1.54) is 25.7 Å². The molecule has 0 spiro atoms. The van der Waals surface area contributed by atoms with Crippen molar-refractivity contribution in [2.75, 3.05) is 6.61 Å². The molecule has 0 unspecified atom stereocenters. The Labute approximate surface area is 133 Å². The van der Waals surface area contributed by atoms with Crippen molar-refractivity contribution >= 4 is 0 Å². The van der Waals surface area contributed by atoms with Gasteiger partial charge in [-0.05, 0) is 37.0 Å². The smallest absolute Gasteiger partial charge is 0.144 e. The third-order valence-corrected chi connectivity index (χ3v) is 8.56. The van der Waals surface area contributed by atoms with Gasteiger partial charge in [-0.25, -0.2) is 0 Å². The van der Waals surface area contributed by atoms with Crippen LogP contribution < -0.4 is 0 Å². The van der Waals surface area contributed by atoms with E-state index in [1.807, 2.05) is 0 Å². The van der Waals surface area contributed by atoms with Crippen LogP contribution in [0.3, 0.4) is 0 Å². The first-order valence-corrected chi connectivity index (χ1v) is 9.17. The second kappa shape index (κ2) is 4.08. The van der Waals surface area contributed by atoms with Gasteiger partial charge >= 0.3 is 0 Å². The van der Waals surface area contributed by atoms with Crippen LogP contribution in [-0.2, 0) is 9.57 Å². The van der Waals surface area contributed by atoms with Gasteiger partial charge in [0.15, 0.2) is 0 Å². The molecule has 0 amide bonds. The Morgan fingerprint density at radius 1 is 1.14 bits per heavy atom. The van der Waals surface area contributed by atoms with Crippen LogP contribution in [0.15, 0.2) is 0 Å². The molecule has 5 aliphatic rings. The first kappa shape index (κ1) is 14.2. The monoisotopic (exact) mass is 307 g/mol. The summed E-state index contributed by atoms with van der Waals surface area (Å²) in [5, 5.41) is 12.4. The minimum Gasteiger partial charge on any atom is -0.396 e. The Hall–Kier alpha value is -0.160. The molecule has 4 heteroatoms. The Morgan fingerprint density at radius 2 is 1.95 bits per heavy atom. The van der Waals surface area contributed by atoms with E-state index in [2.05, 4.69) is 25.8 Å². The maximum atomic E-state index is 10.2. The molecule has 5 rings (SSSR count). The van der Waals surface area contributed by atoms with Crippen molar-refractivity contribution in [2.45, 2.75) is 83.8 Å². The fourth-order valence-corrected chi connectivity index (χ4v) is 6.75. The first-order valence-electron chi connectivity index (χ1n) is 9.17. The zero-order chi connectivity index (χ0) is 15.3. The average molecular weight is 307 g/mol. The van der Waals surface area contributed by atoms with E-state index in [9.17, 15) is 5.11 Å². The summed E-state index contributed by atoms with van der Waals surface area (Å²) in [6.07, 6.45) is 7.49. The average Bonchev–Trinajstić information content (AvgIpc) is 3.13. The molecule has 0 aromatic heterocycles. The summed E-state index contributed by atoms with van der Waals surface area (Å²) in [7, 11) is 0. The molecule has 4 nitrogen and oxygen atoms in total. The minimum atomic E-state index is -0.178. The Balaban J connectivity index is 1.55. The molecule has 3 saturated carbocycles. The molecule has 2 bridgehead atoms. The van der Waals surface area contributed by atoms with Crippen molar-refractivity contribution in [3.8, 4) is 0 Å². The molecule has 124 valence electrons. The van der Waals surface area contributed by atoms with Crippen molar-refractivity contribution in [2.24, 2.45) is 22.2 Å². The first-order chi connectivity index (χ1) is 10.5. The Morgan fingerprint density at radius 3 is 2.73 bits per heavy atom. The molecule has 1 N–H and O–H groups in total. The van der Waals surface area contributed by atoms with Crippen molar-refractivity contribution in [3.05, 3.63) is 0 Å². The molecule has 5 fully saturated rings. The number of hydrogen-bond acceptors (Lipinski definition) is 4. The minimum absolute atomic E-state index is 0.0196. The van der Waals surface area contributed by atoms with Crippen LogP contribution in [0.25, 0.3) is 0 Å². The molecule has 0 aromatic rings. The van der Waals surface area contributed by atoms with E-state index in [-0.39, 0.29) is 35.9 Å². The molecule has 2 saturated heterocycles. The SMILES string of the molecule is CC1(C)[C@@H]2CC[C@@]1(C)[C@@H]1O[C@@H]3N(O[C@H]4CCCC[C@]43CO)[C@H]21. The quantitative estimate of drug-likeness (QED) is 0.809. The highest BCUT2D eigenvalue weighted by Crippen LogP contribution is 2.71. The summed E-state index contributed by atoms with van der Waals surface area (Å²) in [6.45, 7) is 7.46. The lowest BCUT2D eigenvalue weighted by Gasteiger charge is -2.42. The number of hydrogen-bond donors (Lipinski definition) is 1.